The number of nitrogens with one attached hydrogen (secondary N) is 3. The molecule has 6 heteroatoms. The summed E-state index contributed by atoms with van der Waals surface area (Å²) < 4.78 is 0. The van der Waals surface area contributed by atoms with E-state index in [0.29, 0.717) is 5.56 Å². The van der Waals surface area contributed by atoms with Gasteiger partial charge in [0, 0.05) is 24.2 Å². The Morgan fingerprint density at radius 2 is 2.00 bits per heavy atom. The van der Waals surface area contributed by atoms with Crippen LogP contribution in [0.5, 0.6) is 0 Å². The van der Waals surface area contributed by atoms with Crippen molar-refractivity contribution in [1.29, 1.82) is 0 Å². The lowest BCUT2D eigenvalue weighted by molar-refractivity contribution is 0.0904. The van der Waals surface area contributed by atoms with Gasteiger partial charge in [-0.1, -0.05) is 30.3 Å². The molecule has 2 aromatic carbocycles. The molecule has 3 N–H and O–H groups in total. The number of hydrogen-bond donors (Lipinski definition) is 3. The first-order valence-corrected chi connectivity index (χ1v) is 8.60. The predicted molar refractivity (Wildman–Crippen MR) is 95.4 cm³/mol. The van der Waals surface area contributed by atoms with E-state index < -0.39 is 0 Å². The summed E-state index contributed by atoms with van der Waals surface area (Å²) in [5, 5.41) is 3.43. The summed E-state index contributed by atoms with van der Waals surface area (Å²) in [4.78, 5) is 19.2. The van der Waals surface area contributed by atoms with Crippen molar-refractivity contribution in [3.63, 3.8) is 0 Å². The highest BCUT2D eigenvalue weighted by Crippen LogP contribution is 2.33. The molecule has 1 amide bonds. The fraction of sp³-hybridized carbons (Fsp3) is 0.263. The number of aliphatic imine (C=N–C) groups is 1. The van der Waals surface area contributed by atoms with E-state index in [1.54, 1.807) is 0 Å². The van der Waals surface area contributed by atoms with E-state index in [9.17, 15) is 4.79 Å². The largest absolute Gasteiger partial charge is 0.352 e. The van der Waals surface area contributed by atoms with E-state index >= 15 is 0 Å². The summed E-state index contributed by atoms with van der Waals surface area (Å²) in [5.41, 5.74) is 11.1. The highest BCUT2D eigenvalue weighted by Gasteiger charge is 2.31. The first kappa shape index (κ1) is 14.6. The highest BCUT2D eigenvalue weighted by molar-refractivity contribution is 6.00. The van der Waals surface area contributed by atoms with Gasteiger partial charge in [-0.2, -0.15) is 0 Å². The standard InChI is InChI=1S/C19H19N5O/c25-19-14-6-3-7-15-17(14)18(22-23-19)21-16(20-15)11-24-9-8-12-4-1-2-5-13(12)10-24/h1-7,18,22H,8-11H2,(H,20,21)(H,23,25). The maximum atomic E-state index is 12.0. The minimum absolute atomic E-state index is 0.110. The van der Waals surface area contributed by atoms with Gasteiger partial charge in [0.05, 0.1) is 12.2 Å². The molecule has 2 aromatic rings. The zero-order chi connectivity index (χ0) is 16.8. The molecule has 0 saturated heterocycles. The zero-order valence-electron chi connectivity index (χ0n) is 13.7. The molecule has 0 spiro atoms. The van der Waals surface area contributed by atoms with Crippen molar-refractivity contribution in [2.45, 2.75) is 19.1 Å². The monoisotopic (exact) mass is 333 g/mol. The second-order valence-corrected chi connectivity index (χ2v) is 6.70. The average molecular weight is 333 g/mol. The van der Waals surface area contributed by atoms with E-state index in [1.165, 1.54) is 11.1 Å². The van der Waals surface area contributed by atoms with Crippen LogP contribution < -0.4 is 16.2 Å². The van der Waals surface area contributed by atoms with E-state index in [-0.39, 0.29) is 12.1 Å². The highest BCUT2D eigenvalue weighted by atomic mass is 16.2. The predicted octanol–water partition coefficient (Wildman–Crippen LogP) is 1.62. The summed E-state index contributed by atoms with van der Waals surface area (Å²) >= 11 is 0. The van der Waals surface area contributed by atoms with Crippen LogP contribution in [0.2, 0.25) is 0 Å². The van der Waals surface area contributed by atoms with E-state index in [2.05, 4.69) is 45.3 Å². The molecule has 1 atom stereocenters. The Morgan fingerprint density at radius 3 is 2.92 bits per heavy atom. The first-order valence-electron chi connectivity index (χ1n) is 8.60. The van der Waals surface area contributed by atoms with Crippen LogP contribution in [0.15, 0.2) is 47.5 Å². The van der Waals surface area contributed by atoms with Gasteiger partial charge < -0.3 is 5.32 Å². The van der Waals surface area contributed by atoms with Crippen LogP contribution in [-0.2, 0) is 13.0 Å². The Morgan fingerprint density at radius 1 is 1.12 bits per heavy atom. The third-order valence-corrected chi connectivity index (χ3v) is 5.10. The number of amidine groups is 1. The number of hydrogen-bond acceptors (Lipinski definition) is 5. The van der Waals surface area contributed by atoms with Crippen LogP contribution >= 0.6 is 0 Å². The minimum atomic E-state index is -0.131. The lowest BCUT2D eigenvalue weighted by Crippen LogP contribution is -2.54. The summed E-state index contributed by atoms with van der Waals surface area (Å²) in [6.07, 6.45) is 0.940. The van der Waals surface area contributed by atoms with E-state index in [0.717, 1.165) is 43.1 Å². The molecule has 3 heterocycles. The number of carbonyl (C=O) groups excluding carboxylic acids is 1. The van der Waals surface area contributed by atoms with Gasteiger partial charge in [-0.15, -0.1) is 0 Å². The Labute approximate surface area is 145 Å². The summed E-state index contributed by atoms with van der Waals surface area (Å²) in [6.45, 7) is 2.74. The SMILES string of the molecule is O=C1NNC2NC(CN3CCc4ccccc4C3)=Nc3cccc1c32. The number of benzene rings is 2. The van der Waals surface area contributed by atoms with Gasteiger partial charge in [0.2, 0.25) is 0 Å². The smallest absolute Gasteiger partial charge is 0.265 e. The first-order chi connectivity index (χ1) is 12.3. The van der Waals surface area contributed by atoms with Crippen molar-refractivity contribution >= 4 is 17.4 Å². The number of carbonyl (C=O) groups is 1. The fourth-order valence-corrected chi connectivity index (χ4v) is 3.86. The molecule has 126 valence electrons. The Kier molecular flexibility index (Phi) is 3.33. The van der Waals surface area contributed by atoms with Gasteiger partial charge in [-0.3, -0.25) is 15.1 Å². The second-order valence-electron chi connectivity index (χ2n) is 6.70. The Hall–Kier alpha value is -2.70. The molecule has 3 aliphatic rings. The van der Waals surface area contributed by atoms with Gasteiger partial charge in [0.25, 0.3) is 5.91 Å². The quantitative estimate of drug-likeness (QED) is 0.781. The number of nitrogens with zero attached hydrogens (tertiary/aromatic N) is 2. The van der Waals surface area contributed by atoms with Crippen molar-refractivity contribution in [1.82, 2.24) is 21.1 Å². The second kappa shape index (κ2) is 5.68. The van der Waals surface area contributed by atoms with Crippen LogP contribution in [-0.4, -0.2) is 29.7 Å². The van der Waals surface area contributed by atoms with E-state index in [4.69, 9.17) is 4.99 Å². The van der Waals surface area contributed by atoms with Gasteiger partial charge in [-0.05, 0) is 29.7 Å². The molecule has 3 aliphatic heterocycles. The number of hydrazine groups is 1. The van der Waals surface area contributed by atoms with Crippen LogP contribution in [0.3, 0.4) is 0 Å². The third kappa shape index (κ3) is 2.50. The van der Waals surface area contributed by atoms with Crippen LogP contribution in [0.1, 0.15) is 33.2 Å². The molecule has 0 aliphatic carbocycles. The molecule has 25 heavy (non-hydrogen) atoms. The minimum Gasteiger partial charge on any atom is -0.352 e. The molecular formula is C19H19N5O. The molecule has 5 rings (SSSR count). The normalized spacial score (nSPS) is 21.5. The Bertz CT molecular complexity index is 891. The summed E-state index contributed by atoms with van der Waals surface area (Å²) in [7, 11) is 0. The van der Waals surface area contributed by atoms with Gasteiger partial charge in [-0.25, -0.2) is 10.4 Å². The van der Waals surface area contributed by atoms with Crippen molar-refractivity contribution in [2.75, 3.05) is 13.1 Å². The molecule has 0 aromatic heterocycles. The van der Waals surface area contributed by atoms with Gasteiger partial charge in [0.1, 0.15) is 12.0 Å². The van der Waals surface area contributed by atoms with Crippen molar-refractivity contribution in [3.8, 4) is 0 Å². The molecule has 6 nitrogen and oxygen atoms in total. The maximum Gasteiger partial charge on any atom is 0.265 e. The average Bonchev–Trinajstić information content (AvgIpc) is 2.64. The van der Waals surface area contributed by atoms with Crippen molar-refractivity contribution in [2.24, 2.45) is 4.99 Å². The van der Waals surface area contributed by atoms with E-state index in [1.807, 2.05) is 18.2 Å². The zero-order valence-corrected chi connectivity index (χ0v) is 13.7. The van der Waals surface area contributed by atoms with Crippen LogP contribution in [0.25, 0.3) is 0 Å². The number of amides is 1. The Balaban J connectivity index is 1.41. The number of fused-ring (bicyclic) bond motifs is 1. The molecule has 0 bridgehead atoms. The lowest BCUT2D eigenvalue weighted by atomic mass is 9.98. The van der Waals surface area contributed by atoms with Gasteiger partial charge >= 0.3 is 0 Å². The van der Waals surface area contributed by atoms with Crippen molar-refractivity contribution < 1.29 is 4.79 Å². The third-order valence-electron chi connectivity index (χ3n) is 5.10. The van der Waals surface area contributed by atoms with Gasteiger partial charge in [0.15, 0.2) is 0 Å². The fourth-order valence-electron chi connectivity index (χ4n) is 3.86. The van der Waals surface area contributed by atoms with Crippen LogP contribution in [0.4, 0.5) is 5.69 Å². The number of rotatable bonds is 2. The molecule has 0 fully saturated rings. The lowest BCUT2D eigenvalue weighted by Gasteiger charge is -2.35. The summed E-state index contributed by atoms with van der Waals surface area (Å²) in [5.74, 6) is 0.818. The summed E-state index contributed by atoms with van der Waals surface area (Å²) in [6, 6.07) is 14.3. The topological polar surface area (TPSA) is 68.8 Å². The van der Waals surface area contributed by atoms with Crippen molar-refractivity contribution in [3.05, 3.63) is 64.7 Å². The van der Waals surface area contributed by atoms with Crippen LogP contribution in [0, 0.1) is 0 Å². The molecule has 0 radical (unpaired) electrons. The molecule has 0 saturated carbocycles. The molecule has 1 unspecified atom stereocenters. The molecular weight excluding hydrogens is 314 g/mol. The maximum absolute atomic E-state index is 12.0.